The van der Waals surface area contributed by atoms with Crippen molar-refractivity contribution in [2.45, 2.75) is 10.2 Å². The largest absolute Gasteiger partial charge is 0.254 e. The number of aromatic nitrogens is 6. The van der Waals surface area contributed by atoms with Gasteiger partial charge >= 0.3 is 0 Å². The van der Waals surface area contributed by atoms with Crippen molar-refractivity contribution in [2.24, 2.45) is 0 Å². The van der Waals surface area contributed by atoms with E-state index in [1.165, 1.54) is 24.3 Å². The zero-order chi connectivity index (χ0) is 9.10. The molecule has 2 aromatic heterocycles. The van der Waals surface area contributed by atoms with Gasteiger partial charge in [0, 0.05) is 0 Å². The third-order valence-corrected chi connectivity index (χ3v) is 2.06. The second-order valence-electron chi connectivity index (χ2n) is 1.96. The van der Waals surface area contributed by atoms with Gasteiger partial charge in [-0.1, -0.05) is 0 Å². The normalized spacial score (nSPS) is 10.2. The summed E-state index contributed by atoms with van der Waals surface area (Å²) in [6.45, 7) is 0. The fourth-order valence-corrected chi connectivity index (χ4v) is 1.47. The minimum absolute atomic E-state index is 0.115. The highest BCUT2D eigenvalue weighted by molar-refractivity contribution is 7.99. The molecular weight excluding hydrogens is 212 g/mol. The summed E-state index contributed by atoms with van der Waals surface area (Å²) in [4.78, 5) is 7.82. The van der Waals surface area contributed by atoms with E-state index in [0.29, 0.717) is 10.2 Å². The number of hydrogen-bond donors (Lipinski definition) is 1. The van der Waals surface area contributed by atoms with Gasteiger partial charge in [0.15, 0.2) is 5.16 Å². The van der Waals surface area contributed by atoms with Gasteiger partial charge in [-0.25, -0.2) is 9.97 Å². The minimum atomic E-state index is 0.115. The highest BCUT2D eigenvalue weighted by Crippen LogP contribution is 2.20. The molecule has 0 atom stereocenters. The molecule has 0 radical (unpaired) electrons. The van der Waals surface area contributed by atoms with Crippen LogP contribution in [0.15, 0.2) is 22.7 Å². The number of nitrogens with one attached hydrogen (secondary N) is 1. The van der Waals surface area contributed by atoms with E-state index in [1.54, 1.807) is 0 Å². The molecule has 1 N–H and O–H groups in total. The molecule has 0 aliphatic rings. The van der Waals surface area contributed by atoms with Crippen LogP contribution < -0.4 is 0 Å². The van der Waals surface area contributed by atoms with Crippen LogP contribution in [0.1, 0.15) is 0 Å². The smallest absolute Gasteiger partial charge is 0.244 e. The van der Waals surface area contributed by atoms with Crippen molar-refractivity contribution < 1.29 is 0 Å². The quantitative estimate of drug-likeness (QED) is 0.796. The topological polar surface area (TPSA) is 80.2 Å². The summed E-state index contributed by atoms with van der Waals surface area (Å²) < 4.78 is 0. The summed E-state index contributed by atoms with van der Waals surface area (Å²) in [5.41, 5.74) is 0. The molecule has 0 saturated heterocycles. The number of nitrogens with zero attached hydrogens (tertiary/aromatic N) is 5. The average Bonchev–Trinajstić information content (AvgIpc) is 2.57. The Morgan fingerprint density at radius 1 is 1.46 bits per heavy atom. The first-order chi connectivity index (χ1) is 6.34. The Hall–Kier alpha value is -1.21. The first-order valence-electron chi connectivity index (χ1n) is 3.23. The Balaban J connectivity index is 2.19. The molecule has 6 nitrogen and oxygen atoms in total. The second-order valence-corrected chi connectivity index (χ2v) is 3.30. The first-order valence-corrected chi connectivity index (χ1v) is 4.42. The van der Waals surface area contributed by atoms with Crippen molar-refractivity contribution in [1.82, 2.24) is 30.4 Å². The van der Waals surface area contributed by atoms with Gasteiger partial charge in [-0.15, -0.1) is 5.10 Å². The van der Waals surface area contributed by atoms with Gasteiger partial charge in [-0.05, 0) is 23.4 Å². The maximum atomic E-state index is 5.54. The lowest BCUT2D eigenvalue weighted by molar-refractivity contribution is 0.896. The van der Waals surface area contributed by atoms with Crippen molar-refractivity contribution >= 4 is 23.4 Å². The van der Waals surface area contributed by atoms with Crippen molar-refractivity contribution in [1.29, 1.82) is 0 Å². The highest BCUT2D eigenvalue weighted by Gasteiger charge is 2.02. The van der Waals surface area contributed by atoms with Crippen LogP contribution in [-0.4, -0.2) is 30.4 Å². The molecular formula is C5H3ClN6S. The van der Waals surface area contributed by atoms with Crippen molar-refractivity contribution in [3.63, 3.8) is 0 Å². The molecule has 0 aliphatic carbocycles. The predicted octanol–water partition coefficient (Wildman–Crippen LogP) is 0.794. The lowest BCUT2D eigenvalue weighted by atomic mass is 10.9. The molecule has 2 heterocycles. The van der Waals surface area contributed by atoms with Gasteiger partial charge in [0.2, 0.25) is 5.28 Å². The van der Waals surface area contributed by atoms with Gasteiger partial charge in [-0.3, -0.25) is 5.10 Å². The molecule has 66 valence electrons. The molecule has 0 saturated carbocycles. The Kier molecular flexibility index (Phi) is 2.37. The lowest BCUT2D eigenvalue weighted by Gasteiger charge is -1.93. The van der Waals surface area contributed by atoms with Crippen molar-refractivity contribution in [3.8, 4) is 0 Å². The summed E-state index contributed by atoms with van der Waals surface area (Å²) in [5.74, 6) is 0. The third kappa shape index (κ3) is 2.13. The zero-order valence-electron chi connectivity index (χ0n) is 6.18. The Morgan fingerprint density at radius 2 is 2.38 bits per heavy atom. The summed E-state index contributed by atoms with van der Waals surface area (Å²) in [7, 11) is 0. The number of H-pyrrole nitrogens is 1. The SMILES string of the molecule is Clc1nncc(Sc2ncn[nH]2)n1. The van der Waals surface area contributed by atoms with Gasteiger partial charge in [-0.2, -0.15) is 10.2 Å². The molecule has 2 aromatic rings. The van der Waals surface area contributed by atoms with E-state index in [1.807, 2.05) is 0 Å². The van der Waals surface area contributed by atoms with Crippen LogP contribution in [0.4, 0.5) is 0 Å². The molecule has 0 spiro atoms. The maximum absolute atomic E-state index is 5.54. The molecule has 0 unspecified atom stereocenters. The number of aromatic amines is 1. The van der Waals surface area contributed by atoms with E-state index >= 15 is 0 Å². The van der Waals surface area contributed by atoms with Gasteiger partial charge < -0.3 is 0 Å². The fourth-order valence-electron chi connectivity index (χ4n) is 0.660. The van der Waals surface area contributed by atoms with E-state index in [2.05, 4.69) is 30.4 Å². The molecule has 2 rings (SSSR count). The Bertz CT molecular complexity index is 390. The highest BCUT2D eigenvalue weighted by atomic mass is 35.5. The van der Waals surface area contributed by atoms with Crippen LogP contribution >= 0.6 is 23.4 Å². The van der Waals surface area contributed by atoms with Crippen LogP contribution in [0.25, 0.3) is 0 Å². The summed E-state index contributed by atoms with van der Waals surface area (Å²) >= 11 is 6.82. The zero-order valence-corrected chi connectivity index (χ0v) is 7.75. The minimum Gasteiger partial charge on any atom is -0.254 e. The first kappa shape index (κ1) is 8.39. The average molecular weight is 215 g/mol. The van der Waals surface area contributed by atoms with Gasteiger partial charge in [0.1, 0.15) is 11.4 Å². The molecule has 8 heteroatoms. The monoisotopic (exact) mass is 214 g/mol. The lowest BCUT2D eigenvalue weighted by Crippen LogP contribution is -1.88. The number of rotatable bonds is 2. The Labute approximate surface area is 82.2 Å². The maximum Gasteiger partial charge on any atom is 0.244 e. The van der Waals surface area contributed by atoms with E-state index in [0.717, 1.165) is 0 Å². The summed E-state index contributed by atoms with van der Waals surface area (Å²) in [5, 5.41) is 14.9. The van der Waals surface area contributed by atoms with Crippen molar-refractivity contribution in [2.75, 3.05) is 0 Å². The second kappa shape index (κ2) is 3.67. The molecule has 0 aromatic carbocycles. The molecule has 0 amide bonds. The molecule has 0 fully saturated rings. The van der Waals surface area contributed by atoms with Crippen LogP contribution in [-0.2, 0) is 0 Å². The van der Waals surface area contributed by atoms with E-state index in [4.69, 9.17) is 11.6 Å². The van der Waals surface area contributed by atoms with Crippen LogP contribution in [0.2, 0.25) is 5.28 Å². The van der Waals surface area contributed by atoms with E-state index < -0.39 is 0 Å². The van der Waals surface area contributed by atoms with Gasteiger partial charge in [0.25, 0.3) is 0 Å². The Morgan fingerprint density at radius 3 is 3.08 bits per heavy atom. The standard InChI is InChI=1S/C5H3ClN6S/c6-4-10-3(1-8-11-4)13-5-7-2-9-12-5/h1-2H,(H,7,9,12). The van der Waals surface area contributed by atoms with Crippen LogP contribution in [0.5, 0.6) is 0 Å². The number of halogens is 1. The fraction of sp³-hybridized carbons (Fsp3) is 0. The molecule has 13 heavy (non-hydrogen) atoms. The third-order valence-electron chi connectivity index (χ3n) is 1.11. The van der Waals surface area contributed by atoms with Gasteiger partial charge in [0.05, 0.1) is 6.20 Å². The predicted molar refractivity (Wildman–Crippen MR) is 45.3 cm³/mol. The number of hydrogen-bond acceptors (Lipinski definition) is 6. The summed E-state index contributed by atoms with van der Waals surface area (Å²) in [6, 6.07) is 0. The van der Waals surface area contributed by atoms with Crippen LogP contribution in [0.3, 0.4) is 0 Å². The molecule has 0 bridgehead atoms. The van der Waals surface area contributed by atoms with Crippen LogP contribution in [0, 0.1) is 0 Å². The van der Waals surface area contributed by atoms with Crippen molar-refractivity contribution in [3.05, 3.63) is 17.8 Å². The molecule has 0 aliphatic heterocycles. The van der Waals surface area contributed by atoms with E-state index in [-0.39, 0.29) is 5.28 Å². The summed E-state index contributed by atoms with van der Waals surface area (Å²) in [6.07, 6.45) is 2.91. The van der Waals surface area contributed by atoms with E-state index in [9.17, 15) is 0 Å².